The Balaban J connectivity index is 0.000000129. The molecule has 9 heteroatoms. The van der Waals surface area contributed by atoms with Gasteiger partial charge in [-0.05, 0) is 126 Å². The topological polar surface area (TPSA) is 89.6 Å². The molecule has 0 spiro atoms. The number of rotatable bonds is 2. The van der Waals surface area contributed by atoms with Gasteiger partial charge in [-0.15, -0.1) is 0 Å². The molecule has 6 aromatic heterocycles. The van der Waals surface area contributed by atoms with E-state index in [0.29, 0.717) is 0 Å². The van der Waals surface area contributed by atoms with Crippen molar-refractivity contribution in [1.82, 2.24) is 39.0 Å². The largest absolute Gasteiger partial charge is 2.00 e. The summed E-state index contributed by atoms with van der Waals surface area (Å²) in [5.41, 5.74) is 12.4. The third kappa shape index (κ3) is 5.01. The predicted molar refractivity (Wildman–Crippen MR) is 244 cm³/mol. The number of hydrogen-bond donors (Lipinski definition) is 0. The molecule has 61 heavy (non-hydrogen) atoms. The summed E-state index contributed by atoms with van der Waals surface area (Å²) >= 11 is 0. The van der Waals surface area contributed by atoms with Gasteiger partial charge in [0.2, 0.25) is 0 Å². The van der Waals surface area contributed by atoms with Crippen LogP contribution in [0.3, 0.4) is 0 Å². The van der Waals surface area contributed by atoms with E-state index >= 15 is 0 Å². The summed E-state index contributed by atoms with van der Waals surface area (Å²) in [6, 6.07) is 54.9. The van der Waals surface area contributed by atoms with Crippen molar-refractivity contribution in [3.8, 4) is 11.4 Å². The zero-order valence-corrected chi connectivity index (χ0v) is 35.6. The Morgan fingerprint density at radius 1 is 0.311 bits per heavy atom. The van der Waals surface area contributed by atoms with Crippen molar-refractivity contribution >= 4 is 109 Å². The van der Waals surface area contributed by atoms with E-state index in [1.165, 1.54) is 21.5 Å². The molecule has 0 bridgehead atoms. The summed E-state index contributed by atoms with van der Waals surface area (Å²) in [5.74, 6) is 0. The number of hydrogen-bond acceptors (Lipinski definition) is 4. The maximum absolute atomic E-state index is 4.81. The Morgan fingerprint density at radius 2 is 0.721 bits per heavy atom. The molecular formula is C52H30N8Zn. The number of pyridine rings is 2. The first kappa shape index (κ1) is 35.2. The van der Waals surface area contributed by atoms with E-state index in [4.69, 9.17) is 9.97 Å². The van der Waals surface area contributed by atoms with Crippen LogP contribution in [0.15, 0.2) is 183 Å². The Labute approximate surface area is 359 Å². The second-order valence-electron chi connectivity index (χ2n) is 15.1. The van der Waals surface area contributed by atoms with Gasteiger partial charge in [0.15, 0.2) is 0 Å². The van der Waals surface area contributed by atoms with Gasteiger partial charge in [-0.25, -0.2) is 0 Å². The predicted octanol–water partition coefficient (Wildman–Crippen LogP) is 12.0. The molecule has 0 atom stereocenters. The van der Waals surface area contributed by atoms with Crippen LogP contribution in [0.4, 0.5) is 0 Å². The molecule has 0 saturated carbocycles. The van der Waals surface area contributed by atoms with Gasteiger partial charge >= 0.3 is 19.5 Å². The number of para-hydroxylation sites is 2. The van der Waals surface area contributed by atoms with E-state index < -0.39 is 0 Å². The molecule has 0 aliphatic rings. The first-order chi connectivity index (χ1) is 29.8. The molecular weight excluding hydrogens is 802 g/mol. The normalized spacial score (nSPS) is 11.8. The van der Waals surface area contributed by atoms with Crippen LogP contribution in [0.2, 0.25) is 0 Å². The van der Waals surface area contributed by atoms with E-state index in [2.05, 4.69) is 163 Å². The van der Waals surface area contributed by atoms with Crippen molar-refractivity contribution in [3.63, 3.8) is 0 Å². The molecule has 0 fully saturated rings. The van der Waals surface area contributed by atoms with E-state index in [9.17, 15) is 0 Å². The van der Waals surface area contributed by atoms with Crippen molar-refractivity contribution in [2.24, 2.45) is 0 Å². The first-order valence-corrected chi connectivity index (χ1v) is 19.9. The zero-order chi connectivity index (χ0) is 39.3. The minimum Gasteiger partial charge on any atom is -0.442 e. The van der Waals surface area contributed by atoms with Gasteiger partial charge in [0.05, 0.1) is 33.1 Å². The van der Waals surface area contributed by atoms with Crippen LogP contribution in [0.1, 0.15) is 0 Å². The number of imidazole rings is 2. The monoisotopic (exact) mass is 830 g/mol. The molecule has 0 aliphatic heterocycles. The third-order valence-electron chi connectivity index (χ3n) is 12.0. The summed E-state index contributed by atoms with van der Waals surface area (Å²) in [4.78, 5) is 28.2. The van der Waals surface area contributed by atoms with E-state index in [1.807, 2.05) is 36.7 Å². The van der Waals surface area contributed by atoms with Gasteiger partial charge in [0, 0.05) is 34.5 Å². The number of fused-ring (bicyclic) bond motifs is 20. The molecule has 6 heterocycles. The third-order valence-corrected chi connectivity index (χ3v) is 12.0. The number of nitrogens with zero attached hydrogens (tertiary/aromatic N) is 8. The van der Waals surface area contributed by atoms with Crippen LogP contribution in [0.25, 0.3) is 120 Å². The Hall–Kier alpha value is -7.74. The van der Waals surface area contributed by atoms with Crippen molar-refractivity contribution in [2.45, 2.75) is 0 Å². The van der Waals surface area contributed by atoms with Crippen molar-refractivity contribution in [2.75, 3.05) is 0 Å². The smallest absolute Gasteiger partial charge is 0.442 e. The fourth-order valence-corrected chi connectivity index (χ4v) is 9.63. The van der Waals surface area contributed by atoms with Crippen LogP contribution < -0.4 is 9.97 Å². The Bertz CT molecular complexity index is 3750. The first-order valence-electron chi connectivity index (χ1n) is 19.9. The van der Waals surface area contributed by atoms with Crippen LogP contribution in [0.5, 0.6) is 0 Å². The average molecular weight is 832 g/mol. The standard InChI is InChI=1S/2C26H15N4.Zn/c2*1-2-7-16(8-3-1)30-20-13-12-18-17-9-4-5-10-19(17)24-26(29-15-28-24)22(18)23(20)25-21(30)11-6-14-27-25;/h2*1-15H;/q2*-1;+2. The van der Waals surface area contributed by atoms with Gasteiger partial charge in [-0.1, -0.05) is 110 Å². The molecule has 0 N–H and O–H groups in total. The molecule has 280 valence electrons. The fraction of sp³-hybridized carbons (Fsp3) is 0. The zero-order valence-electron chi connectivity index (χ0n) is 32.6. The van der Waals surface area contributed by atoms with Crippen molar-refractivity contribution < 1.29 is 19.5 Å². The molecule has 14 rings (SSSR count). The van der Waals surface area contributed by atoms with E-state index in [0.717, 1.165) is 98.9 Å². The molecule has 8 nitrogen and oxygen atoms in total. The molecule has 0 saturated heterocycles. The maximum atomic E-state index is 4.81. The summed E-state index contributed by atoms with van der Waals surface area (Å²) < 4.78 is 4.57. The van der Waals surface area contributed by atoms with Crippen LogP contribution >= 0.6 is 0 Å². The molecule has 8 aromatic carbocycles. The average Bonchev–Trinajstić information content (AvgIpc) is 4.14. The number of aromatic nitrogens is 8. The molecule has 14 aromatic rings. The summed E-state index contributed by atoms with van der Waals surface area (Å²) in [6.45, 7) is 0. The van der Waals surface area contributed by atoms with Gasteiger partial charge in [-0.3, -0.25) is 9.97 Å². The second-order valence-corrected chi connectivity index (χ2v) is 15.1. The Kier molecular flexibility index (Phi) is 7.89. The van der Waals surface area contributed by atoms with Gasteiger partial charge < -0.3 is 29.1 Å². The van der Waals surface area contributed by atoms with Gasteiger partial charge in [0.25, 0.3) is 0 Å². The van der Waals surface area contributed by atoms with Crippen LogP contribution in [0, 0.1) is 0 Å². The molecule has 0 aliphatic carbocycles. The Morgan fingerprint density at radius 3 is 1.16 bits per heavy atom. The second kappa shape index (κ2) is 13.7. The summed E-state index contributed by atoms with van der Waals surface area (Å²) in [6.07, 6.45) is 7.06. The molecule has 0 radical (unpaired) electrons. The van der Waals surface area contributed by atoms with E-state index in [1.54, 1.807) is 12.7 Å². The van der Waals surface area contributed by atoms with Gasteiger partial charge in [0.1, 0.15) is 0 Å². The van der Waals surface area contributed by atoms with Crippen molar-refractivity contribution in [3.05, 3.63) is 183 Å². The maximum Gasteiger partial charge on any atom is 2.00 e. The number of benzene rings is 8. The SMILES string of the molecule is [Zn+2].c1ccc(-n2c3cccnc3c3c4c(ccc32)c2ccccc2c2nc[n-]c24)cc1.c1ccc(-n2c3cccnc3c3c4c(ccc32)c2ccccc2c2nc[n-]c24)cc1. The van der Waals surface area contributed by atoms with Gasteiger partial charge in [-0.2, -0.15) is 0 Å². The summed E-state index contributed by atoms with van der Waals surface area (Å²) in [7, 11) is 0. The molecule has 0 unspecified atom stereocenters. The fourth-order valence-electron chi connectivity index (χ4n) is 9.63. The van der Waals surface area contributed by atoms with Crippen LogP contribution in [-0.4, -0.2) is 29.1 Å². The van der Waals surface area contributed by atoms with E-state index in [-0.39, 0.29) is 19.5 Å². The minimum atomic E-state index is 0. The minimum absolute atomic E-state index is 0. The summed E-state index contributed by atoms with van der Waals surface area (Å²) in [5, 5.41) is 11.5. The van der Waals surface area contributed by atoms with Crippen LogP contribution in [-0.2, 0) is 19.5 Å². The quantitative estimate of drug-likeness (QED) is 0.127. The van der Waals surface area contributed by atoms with Crippen molar-refractivity contribution in [1.29, 1.82) is 0 Å². The molecule has 0 amide bonds.